The molecule has 1 heterocycles. The summed E-state index contributed by atoms with van der Waals surface area (Å²) < 4.78 is 7.37. The highest BCUT2D eigenvalue weighted by Gasteiger charge is 2.35. The molecule has 0 spiro atoms. The van der Waals surface area contributed by atoms with Gasteiger partial charge in [-0.25, -0.2) is 4.79 Å². The molecule has 0 fully saturated rings. The Kier molecular flexibility index (Phi) is 9.72. The van der Waals surface area contributed by atoms with Crippen LogP contribution in [0.25, 0.3) is 11.3 Å². The number of rotatable bonds is 12. The zero-order valence-corrected chi connectivity index (χ0v) is 26.3. The summed E-state index contributed by atoms with van der Waals surface area (Å²) in [5, 5.41) is 17.3. The molecule has 0 aliphatic carbocycles. The van der Waals surface area contributed by atoms with Crippen molar-refractivity contribution in [1.29, 1.82) is 0 Å². The third-order valence-corrected chi connectivity index (χ3v) is 7.66. The van der Waals surface area contributed by atoms with Gasteiger partial charge in [0, 0.05) is 17.7 Å². The first kappa shape index (κ1) is 32.2. The van der Waals surface area contributed by atoms with Gasteiger partial charge >= 0.3 is 5.97 Å². The van der Waals surface area contributed by atoms with Crippen LogP contribution < -0.4 is 10.1 Å². The number of ether oxygens (including phenoxy) is 1. The molecule has 1 atom stereocenters. The van der Waals surface area contributed by atoms with Gasteiger partial charge in [-0.15, -0.1) is 0 Å². The highest BCUT2D eigenvalue weighted by molar-refractivity contribution is 5.98. The second-order valence-corrected chi connectivity index (χ2v) is 12.4. The molecule has 0 aliphatic heterocycles. The number of hydrogen-bond donors (Lipinski definition) is 2. The number of Topliss-reactive ketones (excluding diaryl/α,β-unsaturated/α-hetero) is 1. The molecule has 4 rings (SSSR count). The zero-order chi connectivity index (χ0) is 32.1. The minimum absolute atomic E-state index is 0.000842. The van der Waals surface area contributed by atoms with Gasteiger partial charge in [-0.1, -0.05) is 101 Å². The smallest absolute Gasteiger partial charge is 0.347 e. The van der Waals surface area contributed by atoms with E-state index in [1.807, 2.05) is 38.1 Å². The molecule has 4 aromatic rings. The predicted molar refractivity (Wildman–Crippen MR) is 171 cm³/mol. The van der Waals surface area contributed by atoms with Crippen molar-refractivity contribution in [3.05, 3.63) is 107 Å². The van der Waals surface area contributed by atoms with Crippen molar-refractivity contribution in [2.45, 2.75) is 78.5 Å². The molecule has 8 heteroatoms. The largest absolute Gasteiger partial charge is 0.478 e. The van der Waals surface area contributed by atoms with Gasteiger partial charge in [-0.2, -0.15) is 5.10 Å². The number of carboxylic acid groups (broad SMARTS) is 1. The zero-order valence-electron chi connectivity index (χ0n) is 26.3. The topological polar surface area (TPSA) is 111 Å². The number of carbonyl (C=O) groups excluding carboxylic acids is 2. The van der Waals surface area contributed by atoms with Crippen molar-refractivity contribution in [3.8, 4) is 17.0 Å². The molecule has 0 aliphatic rings. The van der Waals surface area contributed by atoms with E-state index in [4.69, 9.17) is 4.74 Å². The summed E-state index contributed by atoms with van der Waals surface area (Å²) in [4.78, 5) is 38.4. The summed E-state index contributed by atoms with van der Waals surface area (Å²) in [6, 6.07) is 24.1. The van der Waals surface area contributed by atoms with Crippen molar-refractivity contribution >= 4 is 17.7 Å². The van der Waals surface area contributed by atoms with Crippen LogP contribution in [0.15, 0.2) is 78.9 Å². The first-order valence-corrected chi connectivity index (χ1v) is 14.9. The van der Waals surface area contributed by atoms with E-state index in [0.29, 0.717) is 29.8 Å². The van der Waals surface area contributed by atoms with Crippen LogP contribution in [-0.2, 0) is 23.3 Å². The molecule has 0 saturated carbocycles. The van der Waals surface area contributed by atoms with E-state index in [-0.39, 0.29) is 35.9 Å². The Morgan fingerprint density at radius 2 is 1.61 bits per heavy atom. The minimum Gasteiger partial charge on any atom is -0.478 e. The molecule has 1 aromatic heterocycles. The van der Waals surface area contributed by atoms with Crippen molar-refractivity contribution in [1.82, 2.24) is 15.1 Å². The molecule has 3 aromatic carbocycles. The van der Waals surface area contributed by atoms with Crippen LogP contribution in [-0.4, -0.2) is 38.1 Å². The Morgan fingerprint density at radius 3 is 2.20 bits per heavy atom. The predicted octanol–water partition coefficient (Wildman–Crippen LogP) is 6.99. The maximum absolute atomic E-state index is 13.5. The lowest BCUT2D eigenvalue weighted by molar-refractivity contribution is -0.154. The van der Waals surface area contributed by atoms with Gasteiger partial charge in [0.2, 0.25) is 5.60 Å². The van der Waals surface area contributed by atoms with Crippen molar-refractivity contribution in [3.63, 3.8) is 0 Å². The monoisotopic (exact) mass is 595 g/mol. The van der Waals surface area contributed by atoms with Gasteiger partial charge < -0.3 is 15.2 Å². The molecule has 44 heavy (non-hydrogen) atoms. The Morgan fingerprint density at radius 1 is 0.932 bits per heavy atom. The lowest BCUT2D eigenvalue weighted by atomic mass is 9.86. The maximum atomic E-state index is 13.5. The molecule has 0 radical (unpaired) electrons. The minimum atomic E-state index is -1.32. The second-order valence-electron chi connectivity index (χ2n) is 12.4. The number of nitrogens with zero attached hydrogens (tertiary/aromatic N) is 2. The maximum Gasteiger partial charge on any atom is 0.347 e. The third-order valence-electron chi connectivity index (χ3n) is 7.66. The summed E-state index contributed by atoms with van der Waals surface area (Å²) in [6.45, 7) is 11.9. The summed E-state index contributed by atoms with van der Waals surface area (Å²) in [5.74, 6) is -1.05. The standard InChI is InChI=1S/C36H41N3O5/c1-7-19-36(6,34(42)43)44-32-18-13-25(20-24(32)2)22-37-33(41)30-21-29(26-14-16-28(17-15-26)35(3,4)5)38-39(30)23-31(40)27-11-9-8-10-12-27/h8-18,20-21H,7,19,22-23H2,1-6H3,(H,37,41)(H,42,43). The number of carboxylic acids is 1. The number of hydrogen-bond acceptors (Lipinski definition) is 5. The van der Waals surface area contributed by atoms with Crippen LogP contribution in [0.5, 0.6) is 5.75 Å². The second kappa shape index (κ2) is 13.3. The van der Waals surface area contributed by atoms with Gasteiger partial charge in [-0.05, 0) is 54.5 Å². The van der Waals surface area contributed by atoms with Gasteiger partial charge in [0.05, 0.1) is 5.69 Å². The molecule has 1 amide bonds. The summed E-state index contributed by atoms with van der Waals surface area (Å²) in [6.07, 6.45) is 1.05. The number of aliphatic carboxylic acids is 1. The highest BCUT2D eigenvalue weighted by atomic mass is 16.5. The summed E-state index contributed by atoms with van der Waals surface area (Å²) in [5.41, 5.74) is 3.71. The Hall–Kier alpha value is -4.72. The molecule has 0 bridgehead atoms. The van der Waals surface area contributed by atoms with Crippen LogP contribution in [0, 0.1) is 6.92 Å². The van der Waals surface area contributed by atoms with Gasteiger partial charge in [0.1, 0.15) is 18.0 Å². The van der Waals surface area contributed by atoms with E-state index >= 15 is 0 Å². The number of amides is 1. The van der Waals surface area contributed by atoms with Crippen LogP contribution in [0.2, 0.25) is 0 Å². The van der Waals surface area contributed by atoms with Crippen molar-refractivity contribution in [2.24, 2.45) is 0 Å². The number of nitrogens with one attached hydrogen (secondary N) is 1. The van der Waals surface area contributed by atoms with Crippen LogP contribution in [0.3, 0.4) is 0 Å². The van der Waals surface area contributed by atoms with Crippen LogP contribution in [0.1, 0.15) is 85.0 Å². The van der Waals surface area contributed by atoms with E-state index in [2.05, 4.69) is 43.3 Å². The molecule has 8 nitrogen and oxygen atoms in total. The molecule has 0 saturated heterocycles. The van der Waals surface area contributed by atoms with E-state index in [9.17, 15) is 19.5 Å². The van der Waals surface area contributed by atoms with E-state index in [1.54, 1.807) is 49.4 Å². The number of aromatic nitrogens is 2. The highest BCUT2D eigenvalue weighted by Crippen LogP contribution is 2.28. The van der Waals surface area contributed by atoms with Gasteiger partial charge in [0.15, 0.2) is 5.78 Å². The summed E-state index contributed by atoms with van der Waals surface area (Å²) >= 11 is 0. The average molecular weight is 596 g/mol. The lowest BCUT2D eigenvalue weighted by Crippen LogP contribution is -2.41. The third kappa shape index (κ3) is 7.61. The quantitative estimate of drug-likeness (QED) is 0.171. The van der Waals surface area contributed by atoms with Crippen molar-refractivity contribution in [2.75, 3.05) is 0 Å². The number of carbonyl (C=O) groups is 3. The van der Waals surface area contributed by atoms with E-state index < -0.39 is 11.6 Å². The first-order chi connectivity index (χ1) is 20.8. The van der Waals surface area contributed by atoms with Gasteiger partial charge in [0.25, 0.3) is 5.91 Å². The van der Waals surface area contributed by atoms with Crippen LogP contribution in [0.4, 0.5) is 0 Å². The van der Waals surface area contributed by atoms with Crippen molar-refractivity contribution < 1.29 is 24.2 Å². The average Bonchev–Trinajstić information content (AvgIpc) is 3.41. The number of ketones is 1. The lowest BCUT2D eigenvalue weighted by Gasteiger charge is -2.27. The summed E-state index contributed by atoms with van der Waals surface area (Å²) in [7, 11) is 0. The number of aryl methyl sites for hydroxylation is 1. The van der Waals surface area contributed by atoms with Crippen LogP contribution >= 0.6 is 0 Å². The fourth-order valence-electron chi connectivity index (χ4n) is 4.98. The molecule has 1 unspecified atom stereocenters. The van der Waals surface area contributed by atoms with Gasteiger partial charge in [-0.3, -0.25) is 14.3 Å². The SMILES string of the molecule is CCCC(C)(Oc1ccc(CNC(=O)c2cc(-c3ccc(C(C)(C)C)cc3)nn2CC(=O)c2ccccc2)cc1C)C(=O)O. The van der Waals surface area contributed by atoms with E-state index in [1.165, 1.54) is 10.2 Å². The van der Waals surface area contributed by atoms with E-state index in [0.717, 1.165) is 16.7 Å². The normalized spacial score (nSPS) is 12.8. The Balaban J connectivity index is 1.56. The molecular formula is C36H41N3O5. The Bertz CT molecular complexity index is 1630. The fraction of sp³-hybridized carbons (Fsp3) is 0.333. The Labute approximate surface area is 259 Å². The molecule has 230 valence electrons. The molecule has 2 N–H and O–H groups in total. The molecular weight excluding hydrogens is 554 g/mol. The first-order valence-electron chi connectivity index (χ1n) is 14.9. The fourth-order valence-corrected chi connectivity index (χ4v) is 4.98. The number of benzene rings is 3.